The third kappa shape index (κ3) is 5.41. The molecule has 0 aliphatic carbocycles. The lowest BCUT2D eigenvalue weighted by Crippen LogP contribution is -2.19. The summed E-state index contributed by atoms with van der Waals surface area (Å²) in [6.07, 6.45) is 1.88. The fourth-order valence-electron chi connectivity index (χ4n) is 1.94. The highest BCUT2D eigenvalue weighted by Crippen LogP contribution is 2.25. The van der Waals surface area contributed by atoms with Gasteiger partial charge in [0.25, 0.3) is 0 Å². The van der Waals surface area contributed by atoms with E-state index in [1.165, 1.54) is 5.56 Å². The van der Waals surface area contributed by atoms with E-state index >= 15 is 0 Å². The van der Waals surface area contributed by atoms with Crippen molar-refractivity contribution in [1.82, 2.24) is 10.3 Å². The largest absolute Gasteiger partial charge is 0.488 e. The lowest BCUT2D eigenvalue weighted by atomic mass is 10.2. The van der Waals surface area contributed by atoms with Crippen LogP contribution in [0, 0.1) is 12.8 Å². The first-order chi connectivity index (χ1) is 10.0. The number of halogens is 1. The molecular formula is C16H21BrN2OS. The Balaban J connectivity index is 2.00. The van der Waals surface area contributed by atoms with Crippen LogP contribution in [0.2, 0.25) is 0 Å². The summed E-state index contributed by atoms with van der Waals surface area (Å²) in [6, 6.07) is 6.14. The lowest BCUT2D eigenvalue weighted by Gasteiger charge is -2.13. The van der Waals surface area contributed by atoms with Gasteiger partial charge in [0.1, 0.15) is 12.4 Å². The molecule has 0 bridgehead atoms. The molecule has 0 saturated carbocycles. The molecule has 0 saturated heterocycles. The maximum absolute atomic E-state index is 5.96. The van der Waals surface area contributed by atoms with Gasteiger partial charge in [-0.25, -0.2) is 4.98 Å². The molecule has 3 nitrogen and oxygen atoms in total. The molecule has 2 aromatic rings. The second-order valence-corrected chi connectivity index (χ2v) is 7.65. The van der Waals surface area contributed by atoms with Crippen LogP contribution in [0.5, 0.6) is 5.75 Å². The number of nitrogens with one attached hydrogen (secondary N) is 1. The van der Waals surface area contributed by atoms with Gasteiger partial charge >= 0.3 is 0 Å². The topological polar surface area (TPSA) is 34.1 Å². The van der Waals surface area contributed by atoms with Crippen LogP contribution in [0.1, 0.15) is 29.3 Å². The average Bonchev–Trinajstić information content (AvgIpc) is 2.83. The Morgan fingerprint density at radius 1 is 1.38 bits per heavy atom. The third-order valence-electron chi connectivity index (χ3n) is 2.93. The normalized spacial score (nSPS) is 11.1. The first kappa shape index (κ1) is 16.5. The van der Waals surface area contributed by atoms with Crippen LogP contribution in [0.15, 0.2) is 28.9 Å². The highest BCUT2D eigenvalue weighted by atomic mass is 79.9. The van der Waals surface area contributed by atoms with Crippen LogP contribution < -0.4 is 10.1 Å². The van der Waals surface area contributed by atoms with Crippen molar-refractivity contribution in [3.8, 4) is 5.75 Å². The molecule has 0 unspecified atom stereocenters. The van der Waals surface area contributed by atoms with Crippen molar-refractivity contribution in [3.05, 3.63) is 44.3 Å². The first-order valence-corrected chi connectivity index (χ1v) is 8.69. The van der Waals surface area contributed by atoms with Gasteiger partial charge in [-0.2, -0.15) is 0 Å². The van der Waals surface area contributed by atoms with E-state index in [2.05, 4.69) is 46.1 Å². The van der Waals surface area contributed by atoms with Gasteiger partial charge < -0.3 is 10.1 Å². The molecular weight excluding hydrogens is 348 g/mol. The number of hydrogen-bond donors (Lipinski definition) is 1. The molecule has 1 N–H and O–H groups in total. The molecule has 114 valence electrons. The zero-order chi connectivity index (χ0) is 15.2. The Kier molecular flexibility index (Phi) is 6.21. The van der Waals surface area contributed by atoms with Crippen molar-refractivity contribution in [3.63, 3.8) is 0 Å². The van der Waals surface area contributed by atoms with Crippen molar-refractivity contribution in [1.29, 1.82) is 0 Å². The van der Waals surface area contributed by atoms with Gasteiger partial charge in [0.2, 0.25) is 0 Å². The molecule has 0 radical (unpaired) electrons. The molecule has 0 aliphatic heterocycles. The van der Waals surface area contributed by atoms with E-state index in [1.54, 1.807) is 11.3 Å². The molecule has 0 aliphatic rings. The summed E-state index contributed by atoms with van der Waals surface area (Å²) >= 11 is 5.20. The molecule has 1 heterocycles. The van der Waals surface area contributed by atoms with E-state index in [0.717, 1.165) is 33.2 Å². The summed E-state index contributed by atoms with van der Waals surface area (Å²) in [4.78, 5) is 5.40. The van der Waals surface area contributed by atoms with Gasteiger partial charge in [-0.3, -0.25) is 0 Å². The minimum atomic E-state index is 0.574. The molecule has 0 spiro atoms. The molecule has 0 atom stereocenters. The molecule has 21 heavy (non-hydrogen) atoms. The second kappa shape index (κ2) is 7.92. The summed E-state index contributed by atoms with van der Waals surface area (Å²) < 4.78 is 7.03. The van der Waals surface area contributed by atoms with Crippen molar-refractivity contribution >= 4 is 27.3 Å². The SMILES string of the molecule is Cc1ncc(COc2ccc(Br)cc2CNCC(C)C)s1. The third-order valence-corrected chi connectivity index (χ3v) is 4.31. The Bertz CT molecular complexity index is 583. The van der Waals surface area contributed by atoms with Crippen molar-refractivity contribution in [2.75, 3.05) is 6.54 Å². The highest BCUT2D eigenvalue weighted by molar-refractivity contribution is 9.10. The molecule has 1 aromatic carbocycles. The van der Waals surface area contributed by atoms with Crippen LogP contribution in [-0.4, -0.2) is 11.5 Å². The number of rotatable bonds is 7. The quantitative estimate of drug-likeness (QED) is 0.778. The first-order valence-electron chi connectivity index (χ1n) is 7.08. The molecule has 2 rings (SSSR count). The summed E-state index contributed by atoms with van der Waals surface area (Å²) in [7, 11) is 0. The monoisotopic (exact) mass is 368 g/mol. The van der Waals surface area contributed by atoms with Crippen LogP contribution in [0.25, 0.3) is 0 Å². The summed E-state index contributed by atoms with van der Waals surface area (Å²) in [6.45, 7) is 8.81. The number of aryl methyl sites for hydroxylation is 1. The van der Waals surface area contributed by atoms with Crippen molar-refractivity contribution in [2.45, 2.75) is 33.9 Å². The number of benzene rings is 1. The van der Waals surface area contributed by atoms with Gasteiger partial charge in [-0.15, -0.1) is 11.3 Å². The zero-order valence-corrected chi connectivity index (χ0v) is 15.1. The Morgan fingerprint density at radius 2 is 2.19 bits per heavy atom. The van der Waals surface area contributed by atoms with E-state index in [4.69, 9.17) is 4.74 Å². The van der Waals surface area contributed by atoms with E-state index in [1.807, 2.05) is 25.3 Å². The van der Waals surface area contributed by atoms with E-state index in [9.17, 15) is 0 Å². The number of thiazole rings is 1. The van der Waals surface area contributed by atoms with Crippen molar-refractivity contribution in [2.24, 2.45) is 5.92 Å². The van der Waals surface area contributed by atoms with E-state index in [-0.39, 0.29) is 0 Å². The van der Waals surface area contributed by atoms with Gasteiger partial charge in [-0.1, -0.05) is 29.8 Å². The smallest absolute Gasteiger partial charge is 0.124 e. The summed E-state index contributed by atoms with van der Waals surface area (Å²) in [5, 5.41) is 4.53. The predicted octanol–water partition coefficient (Wildman–Crippen LogP) is 4.54. The fraction of sp³-hybridized carbons (Fsp3) is 0.438. The number of hydrogen-bond acceptors (Lipinski definition) is 4. The van der Waals surface area contributed by atoms with Gasteiger partial charge in [0.15, 0.2) is 0 Å². The van der Waals surface area contributed by atoms with Crippen molar-refractivity contribution < 1.29 is 4.74 Å². The zero-order valence-electron chi connectivity index (χ0n) is 12.6. The maximum atomic E-state index is 5.96. The predicted molar refractivity (Wildman–Crippen MR) is 91.9 cm³/mol. The molecule has 5 heteroatoms. The minimum absolute atomic E-state index is 0.574. The van der Waals surface area contributed by atoms with Crippen LogP contribution in [-0.2, 0) is 13.2 Å². The van der Waals surface area contributed by atoms with Crippen LogP contribution in [0.3, 0.4) is 0 Å². The summed E-state index contributed by atoms with van der Waals surface area (Å²) in [5.74, 6) is 1.57. The molecule has 1 aromatic heterocycles. The van der Waals surface area contributed by atoms with Gasteiger partial charge in [0, 0.05) is 22.8 Å². The van der Waals surface area contributed by atoms with Gasteiger partial charge in [-0.05, 0) is 37.6 Å². The molecule has 0 fully saturated rings. The fourth-order valence-corrected chi connectivity index (χ4v) is 3.06. The van der Waals surface area contributed by atoms with E-state index in [0.29, 0.717) is 12.5 Å². The van der Waals surface area contributed by atoms with Crippen LogP contribution >= 0.6 is 27.3 Å². The summed E-state index contributed by atoms with van der Waals surface area (Å²) in [5.41, 5.74) is 1.17. The minimum Gasteiger partial charge on any atom is -0.488 e. The Hall–Kier alpha value is -0.910. The number of nitrogens with zero attached hydrogens (tertiary/aromatic N) is 1. The Morgan fingerprint density at radius 3 is 2.86 bits per heavy atom. The Labute approximate surface area is 138 Å². The van der Waals surface area contributed by atoms with E-state index < -0.39 is 0 Å². The standard InChI is InChI=1S/C16H21BrN2OS/c1-11(2)7-18-8-13-6-14(17)4-5-16(13)20-10-15-9-19-12(3)21-15/h4-6,9,11,18H,7-8,10H2,1-3H3. The number of ether oxygens (including phenoxy) is 1. The maximum Gasteiger partial charge on any atom is 0.124 e. The van der Waals surface area contributed by atoms with Crippen LogP contribution in [0.4, 0.5) is 0 Å². The molecule has 0 amide bonds. The lowest BCUT2D eigenvalue weighted by molar-refractivity contribution is 0.305. The second-order valence-electron chi connectivity index (χ2n) is 5.41. The number of aromatic nitrogens is 1. The average molecular weight is 369 g/mol. The highest BCUT2D eigenvalue weighted by Gasteiger charge is 2.07. The van der Waals surface area contributed by atoms with Gasteiger partial charge in [0.05, 0.1) is 9.88 Å².